The Morgan fingerprint density at radius 3 is 2.21 bits per heavy atom. The van der Waals surface area contributed by atoms with Crippen LogP contribution < -0.4 is 15.3 Å². The number of imidazole rings is 1. The Morgan fingerprint density at radius 1 is 0.941 bits per heavy atom. The largest absolute Gasteiger partial charge is 0.328 e. The monoisotopic (exact) mass is 482 g/mol. The summed E-state index contributed by atoms with van der Waals surface area (Å²) in [5.74, 6) is -1.12. The maximum absolute atomic E-state index is 13.5. The molecule has 1 N–H and O–H groups in total. The van der Waals surface area contributed by atoms with Gasteiger partial charge in [-0.15, -0.1) is 0 Å². The highest BCUT2D eigenvalue weighted by Crippen LogP contribution is 2.25. The van der Waals surface area contributed by atoms with Crippen LogP contribution in [0, 0.1) is 12.7 Å². The summed E-state index contributed by atoms with van der Waals surface area (Å²) in [4.78, 5) is 25.1. The Bertz CT molecular complexity index is 1540. The summed E-state index contributed by atoms with van der Waals surface area (Å²) in [6.45, 7) is 1.30. The van der Waals surface area contributed by atoms with Gasteiger partial charge in [-0.1, -0.05) is 17.7 Å². The summed E-state index contributed by atoms with van der Waals surface area (Å²) in [5.41, 5.74) is 2.55. The van der Waals surface area contributed by atoms with Gasteiger partial charge in [0, 0.05) is 19.8 Å². The molecule has 1 heterocycles. The maximum Gasteiger partial charge on any atom is 0.328 e. The Morgan fingerprint density at radius 2 is 1.56 bits per heavy atom. The molecule has 0 aliphatic rings. The van der Waals surface area contributed by atoms with Gasteiger partial charge in [0.1, 0.15) is 12.4 Å². The van der Waals surface area contributed by atoms with Crippen LogP contribution in [0.1, 0.15) is 5.56 Å². The molecule has 0 aliphatic heterocycles. The lowest BCUT2D eigenvalue weighted by atomic mass is 10.2. The molecule has 8 nitrogen and oxygen atoms in total. The van der Waals surface area contributed by atoms with Crippen LogP contribution in [0.15, 0.2) is 76.4 Å². The van der Waals surface area contributed by atoms with Crippen molar-refractivity contribution in [3.63, 3.8) is 0 Å². The number of halogens is 1. The molecule has 0 saturated carbocycles. The van der Waals surface area contributed by atoms with Crippen LogP contribution in [-0.4, -0.2) is 30.0 Å². The lowest BCUT2D eigenvalue weighted by Gasteiger charge is -2.24. The summed E-state index contributed by atoms with van der Waals surface area (Å²) in [6.07, 6.45) is 0. The number of benzene rings is 3. The molecule has 1 aromatic heterocycles. The van der Waals surface area contributed by atoms with E-state index < -0.39 is 28.3 Å². The van der Waals surface area contributed by atoms with E-state index in [1.165, 1.54) is 33.4 Å². The van der Waals surface area contributed by atoms with Crippen LogP contribution in [0.25, 0.3) is 11.0 Å². The minimum absolute atomic E-state index is 0.0101. The SMILES string of the molecule is Cc1ccc(S(=O)(=O)N(CC(=O)Nc2ccc3c(c2)n(C)c(=O)n3C)c2ccc(F)cc2)cc1. The predicted octanol–water partition coefficient (Wildman–Crippen LogP) is 3.16. The molecule has 0 bridgehead atoms. The number of aromatic nitrogens is 2. The smallest absolute Gasteiger partial charge is 0.324 e. The zero-order valence-electron chi connectivity index (χ0n) is 18.8. The number of nitrogens with zero attached hydrogens (tertiary/aromatic N) is 3. The van der Waals surface area contributed by atoms with Crippen molar-refractivity contribution in [1.29, 1.82) is 0 Å². The molecular weight excluding hydrogens is 459 g/mol. The minimum Gasteiger partial charge on any atom is -0.324 e. The second-order valence-corrected chi connectivity index (χ2v) is 9.82. The number of aryl methyl sites for hydroxylation is 3. The highest BCUT2D eigenvalue weighted by atomic mass is 32.2. The molecule has 176 valence electrons. The van der Waals surface area contributed by atoms with Crippen LogP contribution in [-0.2, 0) is 28.9 Å². The fraction of sp³-hybridized carbons (Fsp3) is 0.167. The number of fused-ring (bicyclic) bond motifs is 1. The van der Waals surface area contributed by atoms with Crippen molar-refractivity contribution < 1.29 is 17.6 Å². The topological polar surface area (TPSA) is 93.4 Å². The normalized spacial score (nSPS) is 11.5. The fourth-order valence-electron chi connectivity index (χ4n) is 3.68. The van der Waals surface area contributed by atoms with E-state index in [-0.39, 0.29) is 16.3 Å². The van der Waals surface area contributed by atoms with Crippen LogP contribution >= 0.6 is 0 Å². The van der Waals surface area contributed by atoms with Crippen molar-refractivity contribution in [3.8, 4) is 0 Å². The third-order valence-electron chi connectivity index (χ3n) is 5.57. The van der Waals surface area contributed by atoms with Gasteiger partial charge in [0.25, 0.3) is 10.0 Å². The first-order valence-corrected chi connectivity index (χ1v) is 11.8. The number of carbonyl (C=O) groups excluding carboxylic acids is 1. The molecular formula is C24H23FN4O4S. The van der Waals surface area contributed by atoms with Gasteiger partial charge in [0.05, 0.1) is 21.6 Å². The van der Waals surface area contributed by atoms with Crippen molar-refractivity contribution in [1.82, 2.24) is 9.13 Å². The molecule has 4 rings (SSSR count). The van der Waals surface area contributed by atoms with E-state index in [2.05, 4.69) is 5.32 Å². The van der Waals surface area contributed by atoms with Crippen molar-refractivity contribution in [2.24, 2.45) is 14.1 Å². The van der Waals surface area contributed by atoms with E-state index in [1.807, 2.05) is 6.92 Å². The summed E-state index contributed by atoms with van der Waals surface area (Å²) >= 11 is 0. The third kappa shape index (κ3) is 4.32. The van der Waals surface area contributed by atoms with Gasteiger partial charge in [-0.25, -0.2) is 17.6 Å². The van der Waals surface area contributed by atoms with E-state index in [1.54, 1.807) is 44.4 Å². The maximum atomic E-state index is 13.5. The zero-order valence-corrected chi connectivity index (χ0v) is 19.6. The average Bonchev–Trinajstić information content (AvgIpc) is 3.02. The second-order valence-electron chi connectivity index (χ2n) is 7.95. The lowest BCUT2D eigenvalue weighted by Crippen LogP contribution is -2.38. The van der Waals surface area contributed by atoms with Crippen LogP contribution in [0.2, 0.25) is 0 Å². The second kappa shape index (κ2) is 8.79. The molecule has 0 atom stereocenters. The molecule has 0 spiro atoms. The highest BCUT2D eigenvalue weighted by Gasteiger charge is 2.27. The van der Waals surface area contributed by atoms with Gasteiger partial charge in [-0.05, 0) is 61.5 Å². The number of rotatable bonds is 6. The van der Waals surface area contributed by atoms with Crippen molar-refractivity contribution in [2.75, 3.05) is 16.2 Å². The Labute approximate surface area is 195 Å². The van der Waals surface area contributed by atoms with Gasteiger partial charge >= 0.3 is 5.69 Å². The number of amides is 1. The van der Waals surface area contributed by atoms with Crippen molar-refractivity contribution >= 4 is 38.3 Å². The van der Waals surface area contributed by atoms with Crippen LogP contribution in [0.5, 0.6) is 0 Å². The summed E-state index contributed by atoms with van der Waals surface area (Å²) < 4.78 is 44.1. The van der Waals surface area contributed by atoms with Gasteiger partial charge < -0.3 is 5.32 Å². The van der Waals surface area contributed by atoms with Gasteiger partial charge in [0.2, 0.25) is 5.91 Å². The Balaban J connectivity index is 1.66. The molecule has 0 saturated heterocycles. The van der Waals surface area contributed by atoms with Crippen molar-refractivity contribution in [3.05, 3.63) is 88.6 Å². The number of hydrogen-bond acceptors (Lipinski definition) is 4. The molecule has 0 fully saturated rings. The zero-order chi connectivity index (χ0) is 24.6. The van der Waals surface area contributed by atoms with Gasteiger partial charge in [0.15, 0.2) is 0 Å². The number of nitrogens with one attached hydrogen (secondary N) is 1. The Hall–Kier alpha value is -3.92. The van der Waals surface area contributed by atoms with Crippen LogP contribution in [0.3, 0.4) is 0 Å². The first kappa shape index (κ1) is 23.2. The summed E-state index contributed by atoms with van der Waals surface area (Å²) in [7, 11) is -0.836. The van der Waals surface area contributed by atoms with E-state index in [0.717, 1.165) is 22.0 Å². The molecule has 10 heteroatoms. The molecule has 0 unspecified atom stereocenters. The summed E-state index contributed by atoms with van der Waals surface area (Å²) in [5, 5.41) is 2.69. The van der Waals surface area contributed by atoms with E-state index >= 15 is 0 Å². The van der Waals surface area contributed by atoms with Gasteiger partial charge in [-0.3, -0.25) is 18.2 Å². The van der Waals surface area contributed by atoms with Crippen LogP contribution in [0.4, 0.5) is 15.8 Å². The van der Waals surface area contributed by atoms with Gasteiger partial charge in [-0.2, -0.15) is 0 Å². The first-order valence-electron chi connectivity index (χ1n) is 10.4. The standard InChI is InChI=1S/C24H23FN4O4S/c1-16-4-11-20(12-5-16)34(32,33)29(19-9-6-17(25)7-10-19)15-23(30)26-18-8-13-21-22(14-18)28(3)24(31)27(21)2/h4-14H,15H2,1-3H3,(H,26,30). The predicted molar refractivity (Wildman–Crippen MR) is 129 cm³/mol. The number of anilines is 2. The average molecular weight is 483 g/mol. The first-order chi connectivity index (χ1) is 16.1. The van der Waals surface area contributed by atoms with E-state index in [9.17, 15) is 22.4 Å². The third-order valence-corrected chi connectivity index (χ3v) is 7.35. The quantitative estimate of drug-likeness (QED) is 0.457. The highest BCUT2D eigenvalue weighted by molar-refractivity contribution is 7.92. The molecule has 4 aromatic rings. The number of carbonyl (C=O) groups is 1. The fourth-order valence-corrected chi connectivity index (χ4v) is 5.10. The van der Waals surface area contributed by atoms with E-state index in [0.29, 0.717) is 16.7 Å². The Kier molecular flexibility index (Phi) is 6.01. The molecule has 1 amide bonds. The van der Waals surface area contributed by atoms with Crippen molar-refractivity contribution in [2.45, 2.75) is 11.8 Å². The van der Waals surface area contributed by atoms with E-state index in [4.69, 9.17) is 0 Å². The molecule has 34 heavy (non-hydrogen) atoms. The summed E-state index contributed by atoms with van der Waals surface area (Å²) in [6, 6.07) is 16.1. The number of sulfonamides is 1. The molecule has 0 radical (unpaired) electrons. The minimum atomic E-state index is -4.11. The molecule has 3 aromatic carbocycles. The number of hydrogen-bond donors (Lipinski definition) is 1. The molecule has 0 aliphatic carbocycles. The lowest BCUT2D eigenvalue weighted by molar-refractivity contribution is -0.114.